The summed E-state index contributed by atoms with van der Waals surface area (Å²) in [6.07, 6.45) is 1.98. The Kier molecular flexibility index (Phi) is 4.93. The Bertz CT molecular complexity index is 145. The molecule has 1 atom stereocenters. The molecule has 0 spiro atoms. The van der Waals surface area contributed by atoms with Crippen LogP contribution in [0.4, 0.5) is 0 Å². The van der Waals surface area contributed by atoms with Crippen LogP contribution in [0.2, 0.25) is 0 Å². The monoisotopic (exact) mass is 181 g/mol. The van der Waals surface area contributed by atoms with Crippen molar-refractivity contribution in [2.24, 2.45) is 0 Å². The third kappa shape index (κ3) is 5.39. The Morgan fingerprint density at radius 2 is 2.09 bits per heavy atom. The lowest BCUT2D eigenvalue weighted by Gasteiger charge is -2.14. The van der Waals surface area contributed by atoms with Crippen molar-refractivity contribution in [1.82, 2.24) is 5.32 Å². The van der Waals surface area contributed by atoms with Crippen molar-refractivity contribution in [2.45, 2.75) is 32.5 Å². The predicted molar refractivity (Wildman–Crippen MR) is 44.4 cm³/mol. The van der Waals surface area contributed by atoms with Crippen LogP contribution in [0.3, 0.4) is 0 Å². The molecular weight excluding hydrogens is 165 g/mol. The van der Waals surface area contributed by atoms with Gasteiger partial charge in [0.2, 0.25) is 0 Å². The molecule has 0 aliphatic heterocycles. The van der Waals surface area contributed by atoms with Crippen LogP contribution >= 0.6 is 7.60 Å². The molecule has 0 aliphatic rings. The van der Waals surface area contributed by atoms with Crippen LogP contribution < -0.4 is 5.32 Å². The SMILES string of the molecule is CCCCNC(C)P(=O)(O)O. The minimum atomic E-state index is -3.91. The summed E-state index contributed by atoms with van der Waals surface area (Å²) in [6.45, 7) is 4.20. The van der Waals surface area contributed by atoms with Gasteiger partial charge >= 0.3 is 7.60 Å². The number of hydrogen-bond acceptors (Lipinski definition) is 2. The van der Waals surface area contributed by atoms with E-state index in [4.69, 9.17) is 9.79 Å². The van der Waals surface area contributed by atoms with E-state index in [1.807, 2.05) is 6.92 Å². The van der Waals surface area contributed by atoms with E-state index in [1.165, 1.54) is 6.92 Å². The molecule has 0 radical (unpaired) electrons. The highest BCUT2D eigenvalue weighted by Gasteiger charge is 2.22. The first-order valence-electron chi connectivity index (χ1n) is 3.77. The summed E-state index contributed by atoms with van der Waals surface area (Å²) in [6, 6.07) is 0. The van der Waals surface area contributed by atoms with Gasteiger partial charge in [-0.3, -0.25) is 4.57 Å². The molecular formula is C6H16NO3P. The molecule has 0 aromatic rings. The fourth-order valence-corrected chi connectivity index (χ4v) is 0.974. The quantitative estimate of drug-likeness (QED) is 0.435. The Morgan fingerprint density at radius 3 is 2.45 bits per heavy atom. The summed E-state index contributed by atoms with van der Waals surface area (Å²) in [5, 5.41) is 2.76. The number of nitrogens with one attached hydrogen (secondary N) is 1. The molecule has 1 unspecified atom stereocenters. The molecule has 0 aromatic heterocycles. The van der Waals surface area contributed by atoms with Crippen LogP contribution in [-0.4, -0.2) is 22.1 Å². The average Bonchev–Trinajstić information content (AvgIpc) is 1.86. The number of hydrogen-bond donors (Lipinski definition) is 3. The van der Waals surface area contributed by atoms with E-state index in [2.05, 4.69) is 5.32 Å². The minimum Gasteiger partial charge on any atom is -0.323 e. The van der Waals surface area contributed by atoms with E-state index in [1.54, 1.807) is 0 Å². The lowest BCUT2D eigenvalue weighted by Crippen LogP contribution is -2.26. The Hall–Kier alpha value is 0.110. The van der Waals surface area contributed by atoms with Gasteiger partial charge in [-0.05, 0) is 19.9 Å². The smallest absolute Gasteiger partial charge is 0.323 e. The van der Waals surface area contributed by atoms with E-state index in [-0.39, 0.29) is 0 Å². The molecule has 0 aliphatic carbocycles. The topological polar surface area (TPSA) is 69.6 Å². The van der Waals surface area contributed by atoms with E-state index in [9.17, 15) is 4.57 Å². The molecule has 11 heavy (non-hydrogen) atoms. The van der Waals surface area contributed by atoms with Crippen molar-refractivity contribution >= 4 is 7.60 Å². The molecule has 5 heteroatoms. The highest BCUT2D eigenvalue weighted by atomic mass is 31.2. The zero-order chi connectivity index (χ0) is 8.91. The number of rotatable bonds is 5. The van der Waals surface area contributed by atoms with Gasteiger partial charge in [0.25, 0.3) is 0 Å². The lowest BCUT2D eigenvalue weighted by molar-refractivity contribution is 0.350. The van der Waals surface area contributed by atoms with Gasteiger partial charge in [0.05, 0.1) is 0 Å². The highest BCUT2D eigenvalue weighted by molar-refractivity contribution is 7.52. The van der Waals surface area contributed by atoms with E-state index in [0.717, 1.165) is 12.8 Å². The molecule has 0 bridgehead atoms. The fourth-order valence-electron chi connectivity index (χ4n) is 0.607. The van der Waals surface area contributed by atoms with Crippen molar-refractivity contribution in [3.05, 3.63) is 0 Å². The zero-order valence-electron chi connectivity index (χ0n) is 6.95. The zero-order valence-corrected chi connectivity index (χ0v) is 7.84. The van der Waals surface area contributed by atoms with Crippen molar-refractivity contribution < 1.29 is 14.4 Å². The van der Waals surface area contributed by atoms with Crippen molar-refractivity contribution in [1.29, 1.82) is 0 Å². The minimum absolute atomic E-state index is 0.669. The molecule has 3 N–H and O–H groups in total. The molecule has 0 heterocycles. The maximum atomic E-state index is 10.6. The van der Waals surface area contributed by atoms with E-state index >= 15 is 0 Å². The second kappa shape index (κ2) is 4.88. The first kappa shape index (κ1) is 11.1. The second-order valence-corrected chi connectivity index (χ2v) is 4.53. The van der Waals surface area contributed by atoms with Crippen LogP contribution in [0, 0.1) is 0 Å². The van der Waals surface area contributed by atoms with Crippen LogP contribution in [0.5, 0.6) is 0 Å². The van der Waals surface area contributed by atoms with Crippen LogP contribution in [-0.2, 0) is 4.57 Å². The van der Waals surface area contributed by atoms with E-state index in [0.29, 0.717) is 6.54 Å². The summed E-state index contributed by atoms with van der Waals surface area (Å²) >= 11 is 0. The molecule has 4 nitrogen and oxygen atoms in total. The molecule has 68 valence electrons. The first-order valence-corrected chi connectivity index (χ1v) is 5.45. The molecule has 0 saturated heterocycles. The predicted octanol–water partition coefficient (Wildman–Crippen LogP) is 0.900. The van der Waals surface area contributed by atoms with Crippen molar-refractivity contribution in [2.75, 3.05) is 6.54 Å². The highest BCUT2D eigenvalue weighted by Crippen LogP contribution is 2.38. The van der Waals surface area contributed by atoms with Crippen LogP contribution in [0.1, 0.15) is 26.7 Å². The van der Waals surface area contributed by atoms with Gasteiger partial charge in [-0.15, -0.1) is 0 Å². The third-order valence-corrected chi connectivity index (χ3v) is 2.67. The molecule has 0 aromatic carbocycles. The van der Waals surface area contributed by atoms with Gasteiger partial charge in [0.15, 0.2) is 0 Å². The van der Waals surface area contributed by atoms with Crippen molar-refractivity contribution in [3.63, 3.8) is 0 Å². The second-order valence-electron chi connectivity index (χ2n) is 2.57. The Labute approximate surface area is 67.2 Å². The van der Waals surface area contributed by atoms with Crippen LogP contribution in [0.15, 0.2) is 0 Å². The van der Waals surface area contributed by atoms with Crippen LogP contribution in [0.25, 0.3) is 0 Å². The summed E-state index contributed by atoms with van der Waals surface area (Å²) in [7, 11) is -3.91. The van der Waals surface area contributed by atoms with E-state index < -0.39 is 13.4 Å². The largest absolute Gasteiger partial charge is 0.342 e. The molecule has 0 saturated carbocycles. The maximum Gasteiger partial charge on any atom is 0.342 e. The van der Waals surface area contributed by atoms with Crippen molar-refractivity contribution in [3.8, 4) is 0 Å². The molecule has 0 rings (SSSR count). The van der Waals surface area contributed by atoms with Gasteiger partial charge in [0, 0.05) is 0 Å². The van der Waals surface area contributed by atoms with Gasteiger partial charge in [-0.2, -0.15) is 0 Å². The van der Waals surface area contributed by atoms with Gasteiger partial charge in [0.1, 0.15) is 5.78 Å². The van der Waals surface area contributed by atoms with Gasteiger partial charge in [-0.1, -0.05) is 13.3 Å². The summed E-state index contributed by atoms with van der Waals surface area (Å²) < 4.78 is 10.6. The fraction of sp³-hybridized carbons (Fsp3) is 1.00. The average molecular weight is 181 g/mol. The van der Waals surface area contributed by atoms with Gasteiger partial charge < -0.3 is 15.1 Å². The Balaban J connectivity index is 3.53. The lowest BCUT2D eigenvalue weighted by atomic mass is 10.3. The summed E-state index contributed by atoms with van der Waals surface area (Å²) in [5.41, 5.74) is 0. The number of unbranched alkanes of at least 4 members (excludes halogenated alkanes) is 1. The third-order valence-electron chi connectivity index (χ3n) is 1.47. The maximum absolute atomic E-state index is 10.6. The Morgan fingerprint density at radius 1 is 1.55 bits per heavy atom. The normalized spacial score (nSPS) is 14.9. The molecule has 0 fully saturated rings. The first-order chi connectivity index (χ1) is 4.98. The summed E-state index contributed by atoms with van der Waals surface area (Å²) in [4.78, 5) is 17.3. The summed E-state index contributed by atoms with van der Waals surface area (Å²) in [5.74, 6) is -0.714. The standard InChI is InChI=1S/C6H16NO3P/c1-3-4-5-7-6(2)11(8,9)10/h6-7H,3-5H2,1-2H3,(H2,8,9,10). The van der Waals surface area contributed by atoms with Gasteiger partial charge in [-0.25, -0.2) is 0 Å². The molecule has 0 amide bonds.